The molecule has 5 N–H and O–H groups in total. The molecule has 15 heteroatoms. The van der Waals surface area contributed by atoms with Crippen LogP contribution in [0, 0.1) is 0 Å². The molecule has 2 amide bonds. The van der Waals surface area contributed by atoms with Crippen molar-refractivity contribution >= 4 is 39.0 Å². The number of thiophene rings is 1. The number of ether oxygens (including phenoxy) is 1. The van der Waals surface area contributed by atoms with Crippen LogP contribution >= 0.6 is 11.3 Å². The first-order valence-electron chi connectivity index (χ1n) is 15.1. The van der Waals surface area contributed by atoms with Crippen LogP contribution in [0.2, 0.25) is 0 Å². The highest BCUT2D eigenvalue weighted by Crippen LogP contribution is 2.44. The van der Waals surface area contributed by atoms with Gasteiger partial charge in [-0.2, -0.15) is 17.5 Å². The van der Waals surface area contributed by atoms with Crippen molar-refractivity contribution in [3.05, 3.63) is 118 Å². The lowest BCUT2D eigenvalue weighted by atomic mass is 9.84. The van der Waals surface area contributed by atoms with E-state index in [9.17, 15) is 23.1 Å². The van der Waals surface area contributed by atoms with Gasteiger partial charge in [-0.1, -0.05) is 60.7 Å². The lowest BCUT2D eigenvalue weighted by molar-refractivity contribution is -0.186. The number of amides is 2. The van der Waals surface area contributed by atoms with E-state index in [1.807, 2.05) is 0 Å². The normalized spacial score (nSPS) is 14.1. The molecule has 49 heavy (non-hydrogen) atoms. The number of sulfonamides is 1. The van der Waals surface area contributed by atoms with Crippen molar-refractivity contribution in [2.75, 3.05) is 19.5 Å². The van der Waals surface area contributed by atoms with E-state index in [2.05, 4.69) is 0 Å². The molecule has 0 spiro atoms. The van der Waals surface area contributed by atoms with E-state index < -0.39 is 69.8 Å². The topological polar surface area (TPSA) is 156 Å². The van der Waals surface area contributed by atoms with E-state index >= 15 is 13.2 Å². The third kappa shape index (κ3) is 8.13. The fourth-order valence-electron chi connectivity index (χ4n) is 5.64. The number of aliphatic hydroxyl groups is 1. The van der Waals surface area contributed by atoms with Crippen molar-refractivity contribution in [2.24, 2.45) is 5.73 Å². The number of anilines is 1. The third-order valence-corrected chi connectivity index (χ3v) is 11.2. The molecule has 0 aliphatic carbocycles. The SMILES string of the molecule is COC(=O)N(C(=O)[C@@H](N)C(c1ccccc1)c1ccccc1)[C@H](c1ccc([C@@H](CO)N(C(C)C)S(=O)(=O)c2ccc(N)cc2)s1)C(F)(F)F. The van der Waals surface area contributed by atoms with Crippen LogP contribution in [0.1, 0.15) is 52.7 Å². The zero-order chi connectivity index (χ0) is 36.1. The van der Waals surface area contributed by atoms with Crippen molar-refractivity contribution in [1.82, 2.24) is 9.21 Å². The highest BCUT2D eigenvalue weighted by Gasteiger charge is 2.52. The molecule has 0 bridgehead atoms. The monoisotopic (exact) mass is 718 g/mol. The minimum Gasteiger partial charge on any atom is -0.452 e. The van der Waals surface area contributed by atoms with Crippen LogP contribution in [-0.2, 0) is 19.6 Å². The summed E-state index contributed by atoms with van der Waals surface area (Å²) < 4.78 is 78.3. The van der Waals surface area contributed by atoms with Gasteiger partial charge in [0.1, 0.15) is 0 Å². The van der Waals surface area contributed by atoms with Gasteiger partial charge in [-0.15, -0.1) is 11.3 Å². The first kappa shape index (κ1) is 37.5. The Morgan fingerprint density at radius 1 is 0.878 bits per heavy atom. The van der Waals surface area contributed by atoms with Gasteiger partial charge in [0.05, 0.1) is 30.7 Å². The second-order valence-electron chi connectivity index (χ2n) is 11.4. The molecule has 262 valence electrons. The van der Waals surface area contributed by atoms with E-state index in [-0.39, 0.29) is 14.7 Å². The molecule has 0 unspecified atom stereocenters. The fourth-order valence-corrected chi connectivity index (χ4v) is 8.72. The first-order valence-corrected chi connectivity index (χ1v) is 17.3. The lowest BCUT2D eigenvalue weighted by Gasteiger charge is -2.34. The Hall–Kier alpha value is -4.28. The molecule has 4 aromatic rings. The van der Waals surface area contributed by atoms with E-state index in [0.29, 0.717) is 28.2 Å². The Bertz CT molecular complexity index is 1780. The lowest BCUT2D eigenvalue weighted by Crippen LogP contribution is -2.53. The van der Waals surface area contributed by atoms with Crippen LogP contribution < -0.4 is 11.5 Å². The van der Waals surface area contributed by atoms with Crippen LogP contribution in [0.25, 0.3) is 0 Å². The van der Waals surface area contributed by atoms with Gasteiger partial charge in [0.15, 0.2) is 6.04 Å². The van der Waals surface area contributed by atoms with Gasteiger partial charge in [-0.05, 0) is 61.4 Å². The minimum absolute atomic E-state index is 0.0347. The quantitative estimate of drug-likeness (QED) is 0.155. The molecule has 0 saturated heterocycles. The summed E-state index contributed by atoms with van der Waals surface area (Å²) in [4.78, 5) is 26.5. The Kier molecular flexibility index (Phi) is 11.9. The summed E-state index contributed by atoms with van der Waals surface area (Å²) in [6.45, 7) is 2.32. The number of benzene rings is 3. The average Bonchev–Trinajstić information content (AvgIpc) is 3.54. The van der Waals surface area contributed by atoms with E-state index in [0.717, 1.165) is 17.5 Å². The van der Waals surface area contributed by atoms with Gasteiger partial charge >= 0.3 is 12.3 Å². The Morgan fingerprint density at radius 3 is 1.84 bits per heavy atom. The summed E-state index contributed by atoms with van der Waals surface area (Å²) in [5, 5.41) is 10.4. The number of rotatable bonds is 12. The zero-order valence-electron chi connectivity index (χ0n) is 26.8. The number of carbonyl (C=O) groups is 2. The summed E-state index contributed by atoms with van der Waals surface area (Å²) in [7, 11) is -3.44. The minimum atomic E-state index is -5.22. The molecule has 0 saturated carbocycles. The molecule has 10 nitrogen and oxygen atoms in total. The van der Waals surface area contributed by atoms with Gasteiger partial charge in [-0.3, -0.25) is 4.79 Å². The standard InChI is InChI=1S/C34H37F3N4O6S2/c1-21(2)41(49(45,46)25-16-14-24(38)15-17-25)26(20-42)27-18-19-28(48-27)31(34(35,36)37)40(33(44)47-3)32(43)30(39)29(22-10-6-4-7-11-22)23-12-8-5-9-13-23/h4-19,21,26,29-31,42H,20,38-39H2,1-3H3/t26-,30+,31-/m1/s1. The maximum atomic E-state index is 15.0. The maximum absolute atomic E-state index is 15.0. The summed E-state index contributed by atoms with van der Waals surface area (Å²) >= 11 is 0.498. The largest absolute Gasteiger partial charge is 0.452 e. The number of aliphatic hydroxyl groups excluding tert-OH is 1. The zero-order valence-corrected chi connectivity index (χ0v) is 28.5. The van der Waals surface area contributed by atoms with Gasteiger partial charge in [0.2, 0.25) is 10.0 Å². The number of carbonyl (C=O) groups excluding carboxylic acids is 2. The first-order chi connectivity index (χ1) is 23.1. The summed E-state index contributed by atoms with van der Waals surface area (Å²) in [6.07, 6.45) is -6.81. The van der Waals surface area contributed by atoms with Crippen molar-refractivity contribution in [3.63, 3.8) is 0 Å². The number of imide groups is 1. The van der Waals surface area contributed by atoms with Crippen molar-refractivity contribution in [1.29, 1.82) is 0 Å². The van der Waals surface area contributed by atoms with Crippen LogP contribution in [0.15, 0.2) is 102 Å². The molecule has 0 radical (unpaired) electrons. The van der Waals surface area contributed by atoms with Gasteiger partial charge in [0, 0.05) is 27.4 Å². The Labute approximate surface area is 286 Å². The van der Waals surface area contributed by atoms with Crippen LogP contribution in [0.5, 0.6) is 0 Å². The smallest absolute Gasteiger partial charge is 0.417 e. The molecular formula is C34H37F3N4O6S2. The number of nitrogens with zero attached hydrogens (tertiary/aromatic N) is 2. The van der Waals surface area contributed by atoms with E-state index in [1.54, 1.807) is 74.5 Å². The number of halogens is 3. The molecule has 0 aliphatic rings. The van der Waals surface area contributed by atoms with Crippen molar-refractivity contribution < 1.29 is 41.0 Å². The molecular weight excluding hydrogens is 682 g/mol. The molecule has 3 atom stereocenters. The van der Waals surface area contributed by atoms with Crippen LogP contribution in [0.3, 0.4) is 0 Å². The maximum Gasteiger partial charge on any atom is 0.417 e. The number of nitrogens with two attached hydrogens (primary N) is 2. The number of hydrogen-bond donors (Lipinski definition) is 3. The highest BCUT2D eigenvalue weighted by molar-refractivity contribution is 7.89. The summed E-state index contributed by atoms with van der Waals surface area (Å²) in [6, 6.07) is 18.0. The third-order valence-electron chi connectivity index (χ3n) is 7.83. The molecule has 1 heterocycles. The van der Waals surface area contributed by atoms with Crippen molar-refractivity contribution in [3.8, 4) is 0 Å². The van der Waals surface area contributed by atoms with Gasteiger partial charge in [0.25, 0.3) is 5.91 Å². The predicted octanol–water partition coefficient (Wildman–Crippen LogP) is 5.82. The number of nitrogen functional groups attached to an aromatic ring is 1. The molecule has 1 aromatic heterocycles. The molecule has 4 rings (SSSR count). The fraction of sp³-hybridized carbons (Fsp3) is 0.294. The van der Waals surface area contributed by atoms with Gasteiger partial charge in [-0.25, -0.2) is 18.1 Å². The summed E-state index contributed by atoms with van der Waals surface area (Å²) in [5.41, 5.74) is 13.6. The molecule has 0 aliphatic heterocycles. The van der Waals surface area contributed by atoms with E-state index in [4.69, 9.17) is 16.2 Å². The number of alkyl halides is 3. The van der Waals surface area contributed by atoms with Gasteiger partial charge < -0.3 is 21.3 Å². The Balaban J connectivity index is 1.79. The summed E-state index contributed by atoms with van der Waals surface area (Å²) in [5.74, 6) is -2.29. The van der Waals surface area contributed by atoms with Crippen molar-refractivity contribution in [2.45, 2.75) is 55.0 Å². The van der Waals surface area contributed by atoms with Crippen LogP contribution in [0.4, 0.5) is 23.7 Å². The van der Waals surface area contributed by atoms with E-state index in [1.165, 1.54) is 30.3 Å². The van der Waals surface area contributed by atoms with Crippen LogP contribution in [-0.4, -0.2) is 66.7 Å². The molecule has 0 fully saturated rings. The second kappa shape index (κ2) is 15.5. The average molecular weight is 719 g/mol. The number of methoxy groups -OCH3 is 1. The second-order valence-corrected chi connectivity index (χ2v) is 14.4. The predicted molar refractivity (Wildman–Crippen MR) is 180 cm³/mol. The molecule has 3 aromatic carbocycles. The number of hydrogen-bond acceptors (Lipinski definition) is 9. The Morgan fingerprint density at radius 2 is 1.39 bits per heavy atom. The highest BCUT2D eigenvalue weighted by atomic mass is 32.2.